The van der Waals surface area contributed by atoms with Gasteiger partial charge in [0.25, 0.3) is 0 Å². The van der Waals surface area contributed by atoms with Crippen LogP contribution in [-0.4, -0.2) is 64.9 Å². The van der Waals surface area contributed by atoms with Crippen molar-refractivity contribution in [1.82, 2.24) is 19.8 Å². The van der Waals surface area contributed by atoms with E-state index in [1.165, 1.54) is 84.8 Å². The van der Waals surface area contributed by atoms with E-state index in [-0.39, 0.29) is 0 Å². The topological polar surface area (TPSA) is 62.5 Å². The number of thiophene rings is 1. The molecule has 2 fully saturated rings. The number of likely N-dealkylation sites (tertiary alicyclic amines) is 2. The van der Waals surface area contributed by atoms with Crippen LogP contribution in [0.5, 0.6) is 0 Å². The van der Waals surface area contributed by atoms with Crippen molar-refractivity contribution in [3.8, 4) is 0 Å². The maximum absolute atomic E-state index is 5.22. The van der Waals surface area contributed by atoms with Crippen LogP contribution >= 0.6 is 11.3 Å². The fraction of sp³-hybridized carbons (Fsp3) is 0.400. The monoisotopic (exact) mass is 578 g/mol. The first-order valence-corrected chi connectivity index (χ1v) is 16.6. The molecule has 3 N–H and O–H groups in total. The van der Waals surface area contributed by atoms with Crippen LogP contribution < -0.4 is 5.32 Å². The van der Waals surface area contributed by atoms with Crippen LogP contribution in [0.15, 0.2) is 71.3 Å². The lowest BCUT2D eigenvalue weighted by Gasteiger charge is -2.31. The van der Waals surface area contributed by atoms with E-state index in [0.29, 0.717) is 11.8 Å². The molecule has 7 rings (SSSR count). The molecule has 3 aromatic heterocycles. The summed E-state index contributed by atoms with van der Waals surface area (Å²) in [4.78, 5) is 18.5. The molecule has 0 aliphatic carbocycles. The van der Waals surface area contributed by atoms with Crippen molar-refractivity contribution in [1.29, 1.82) is 0 Å². The maximum Gasteiger partial charge on any atom is 0.148 e. The largest absolute Gasteiger partial charge is 0.361 e. The summed E-state index contributed by atoms with van der Waals surface area (Å²) in [5.74, 6) is 2.11. The predicted octanol–water partition coefficient (Wildman–Crippen LogP) is 8.30. The number of nitrogens with one attached hydrogen (secondary N) is 3. The normalized spacial score (nSPS) is 18.4. The zero-order valence-corrected chi connectivity index (χ0v) is 25.6. The van der Waals surface area contributed by atoms with Gasteiger partial charge in [0, 0.05) is 39.9 Å². The molecule has 0 amide bonds. The minimum atomic E-state index is 0.604. The van der Waals surface area contributed by atoms with Crippen molar-refractivity contribution >= 4 is 50.4 Å². The van der Waals surface area contributed by atoms with Crippen LogP contribution in [0.4, 0.5) is 11.4 Å². The molecule has 5 heterocycles. The second-order valence-electron chi connectivity index (χ2n) is 12.0. The number of fused-ring (bicyclic) bond motifs is 2. The van der Waals surface area contributed by atoms with Crippen LogP contribution in [0.25, 0.3) is 21.8 Å². The lowest BCUT2D eigenvalue weighted by atomic mass is 9.89. The first-order valence-electron chi connectivity index (χ1n) is 15.7. The number of aliphatic imine (C=N–C) groups is 1. The fourth-order valence-corrected chi connectivity index (χ4v) is 7.71. The lowest BCUT2D eigenvalue weighted by molar-refractivity contribution is 0.223. The van der Waals surface area contributed by atoms with E-state index >= 15 is 0 Å². The Balaban J connectivity index is 1.18. The quantitative estimate of drug-likeness (QED) is 0.134. The molecule has 42 heavy (non-hydrogen) atoms. The molecular formula is C35H42N6S. The zero-order chi connectivity index (χ0) is 28.5. The summed E-state index contributed by atoms with van der Waals surface area (Å²) >= 11 is 1.72. The molecule has 2 aromatic carbocycles. The van der Waals surface area contributed by atoms with E-state index in [2.05, 4.69) is 105 Å². The number of nitrogens with zero attached hydrogens (tertiary/aromatic N) is 3. The summed E-state index contributed by atoms with van der Waals surface area (Å²) < 4.78 is 0. The third kappa shape index (κ3) is 5.53. The lowest BCUT2D eigenvalue weighted by Crippen LogP contribution is -2.32. The van der Waals surface area contributed by atoms with E-state index in [4.69, 9.17) is 4.99 Å². The Bertz CT molecular complexity index is 1660. The number of amidine groups is 1. The molecule has 2 aliphatic rings. The molecule has 0 spiro atoms. The smallest absolute Gasteiger partial charge is 0.148 e. The molecule has 2 aliphatic heterocycles. The van der Waals surface area contributed by atoms with Crippen LogP contribution in [0.1, 0.15) is 67.4 Å². The number of hydrogen-bond acceptors (Lipinski definition) is 4. The standard InChI is InChI=1S/C35H42N6S/c1-3-40-15-11-24(12-16-40)30-22-36-32-9-7-26(20-28(30)32)38-35(34-6-5-19-42-34)39-27-8-10-33-29(21-27)31(23-37-33)25-13-17-41(4-2)18-14-25/h5-10,19-25,36-37H,3-4,11-18H2,1-2H3,(H,38,39). The Morgan fingerprint density at radius 2 is 1.40 bits per heavy atom. The van der Waals surface area contributed by atoms with Crippen LogP contribution in [-0.2, 0) is 0 Å². The number of H-pyrrole nitrogens is 2. The predicted molar refractivity (Wildman–Crippen MR) is 179 cm³/mol. The van der Waals surface area contributed by atoms with E-state index in [0.717, 1.165) is 35.2 Å². The summed E-state index contributed by atoms with van der Waals surface area (Å²) in [5.41, 5.74) is 7.36. The number of aromatic nitrogens is 2. The Morgan fingerprint density at radius 1 is 0.810 bits per heavy atom. The van der Waals surface area contributed by atoms with Gasteiger partial charge in [0.2, 0.25) is 0 Å². The molecule has 6 nitrogen and oxygen atoms in total. The number of piperidine rings is 2. The van der Waals surface area contributed by atoms with Gasteiger partial charge in [-0.2, -0.15) is 0 Å². The molecule has 0 radical (unpaired) electrons. The summed E-state index contributed by atoms with van der Waals surface area (Å²) in [6.07, 6.45) is 9.36. The van der Waals surface area contributed by atoms with Gasteiger partial charge in [-0.15, -0.1) is 11.3 Å². The Kier molecular flexibility index (Phi) is 7.89. The second kappa shape index (κ2) is 12.1. The van der Waals surface area contributed by atoms with Crippen LogP contribution in [0.3, 0.4) is 0 Å². The Labute approximate surface area is 252 Å². The number of anilines is 1. The van der Waals surface area contributed by atoms with E-state index in [1.807, 2.05) is 0 Å². The first-order chi connectivity index (χ1) is 20.7. The molecule has 2 saturated heterocycles. The molecule has 0 unspecified atom stereocenters. The van der Waals surface area contributed by atoms with E-state index in [9.17, 15) is 0 Å². The van der Waals surface area contributed by atoms with Gasteiger partial charge >= 0.3 is 0 Å². The van der Waals surface area contributed by atoms with Crippen molar-refractivity contribution < 1.29 is 0 Å². The zero-order valence-electron chi connectivity index (χ0n) is 24.8. The van der Waals surface area contributed by atoms with E-state index in [1.54, 1.807) is 11.3 Å². The van der Waals surface area contributed by atoms with Crippen molar-refractivity contribution in [2.45, 2.75) is 51.4 Å². The highest BCUT2D eigenvalue weighted by atomic mass is 32.1. The highest BCUT2D eigenvalue weighted by Crippen LogP contribution is 2.36. The highest BCUT2D eigenvalue weighted by Gasteiger charge is 2.23. The summed E-state index contributed by atoms with van der Waals surface area (Å²) in [5, 5.41) is 8.47. The summed E-state index contributed by atoms with van der Waals surface area (Å²) in [7, 11) is 0. The first kappa shape index (κ1) is 27.4. The van der Waals surface area contributed by atoms with Gasteiger partial charge in [0.15, 0.2) is 0 Å². The third-order valence-corrected chi connectivity index (χ3v) is 10.5. The van der Waals surface area contributed by atoms with Gasteiger partial charge in [0.1, 0.15) is 5.84 Å². The van der Waals surface area contributed by atoms with Gasteiger partial charge in [0.05, 0.1) is 10.6 Å². The molecular weight excluding hydrogens is 536 g/mol. The number of aromatic amines is 2. The van der Waals surface area contributed by atoms with Crippen LogP contribution in [0.2, 0.25) is 0 Å². The van der Waals surface area contributed by atoms with Gasteiger partial charge in [-0.1, -0.05) is 19.9 Å². The number of hydrogen-bond donors (Lipinski definition) is 3. The van der Waals surface area contributed by atoms with Crippen molar-refractivity contribution in [3.05, 3.63) is 82.3 Å². The minimum Gasteiger partial charge on any atom is -0.361 e. The summed E-state index contributed by atoms with van der Waals surface area (Å²) in [6.45, 7) is 11.6. The SMILES string of the molecule is CCN1CCC(c2c[nH]c3ccc(N=C(Nc4ccc5[nH]cc(C6CCN(CC)CC6)c5c4)c4cccs4)cc23)CC1. The highest BCUT2D eigenvalue weighted by molar-refractivity contribution is 7.12. The van der Waals surface area contributed by atoms with Crippen molar-refractivity contribution in [2.75, 3.05) is 44.6 Å². The van der Waals surface area contributed by atoms with Gasteiger partial charge in [-0.3, -0.25) is 0 Å². The number of benzene rings is 2. The molecule has 5 aromatic rings. The van der Waals surface area contributed by atoms with Crippen LogP contribution in [0, 0.1) is 0 Å². The summed E-state index contributed by atoms with van der Waals surface area (Å²) in [6, 6.07) is 17.5. The maximum atomic E-state index is 5.22. The minimum absolute atomic E-state index is 0.604. The molecule has 0 saturated carbocycles. The molecule has 0 bridgehead atoms. The number of rotatable bonds is 7. The fourth-order valence-electron chi connectivity index (χ4n) is 7.04. The van der Waals surface area contributed by atoms with Gasteiger partial charge in [-0.05, 0) is 136 Å². The van der Waals surface area contributed by atoms with Crippen molar-refractivity contribution in [2.24, 2.45) is 4.99 Å². The Morgan fingerprint density at radius 3 is 1.98 bits per heavy atom. The molecule has 218 valence electrons. The average molecular weight is 579 g/mol. The molecule has 0 atom stereocenters. The second-order valence-corrected chi connectivity index (χ2v) is 12.9. The average Bonchev–Trinajstić information content (AvgIpc) is 3.81. The molecule has 7 heteroatoms. The third-order valence-electron chi connectivity index (χ3n) is 9.62. The van der Waals surface area contributed by atoms with Gasteiger partial charge < -0.3 is 25.1 Å². The Hall–Kier alpha value is -3.39. The van der Waals surface area contributed by atoms with Gasteiger partial charge in [-0.25, -0.2) is 4.99 Å². The van der Waals surface area contributed by atoms with E-state index < -0.39 is 0 Å². The van der Waals surface area contributed by atoms with Crippen molar-refractivity contribution in [3.63, 3.8) is 0 Å².